The molecule has 2 fully saturated rings. The van der Waals surface area contributed by atoms with Crippen molar-refractivity contribution in [3.8, 4) is 17.2 Å². The van der Waals surface area contributed by atoms with Crippen LogP contribution in [0.1, 0.15) is 376 Å². The number of hydrogen-bond donors (Lipinski definition) is 0. The fourth-order valence-electron chi connectivity index (χ4n) is 15.2. The normalized spacial score (nSPS) is 14.2. The van der Waals surface area contributed by atoms with Crippen molar-refractivity contribution >= 4 is 55.4 Å². The third-order valence-electron chi connectivity index (χ3n) is 20.9. The molecule has 12 nitrogen and oxygen atoms in total. The highest BCUT2D eigenvalue weighted by atomic mass is 32.3. The molecule has 0 spiro atoms. The number of carbonyl (C=O) groups is 2. The van der Waals surface area contributed by atoms with Crippen LogP contribution in [0.15, 0.2) is 389 Å². The molecular formula is C136H196N2O10S2. The Labute approximate surface area is 916 Å². The maximum Gasteiger partial charge on any atom is 0.287 e. The number of allylic oxidation sites excluding steroid dienone is 5. The Hall–Kier alpha value is -12.5. The average Bonchev–Trinajstić information content (AvgIpc) is 0.926. The lowest BCUT2D eigenvalue weighted by molar-refractivity contribution is -0.112. The molecule has 19 rings (SSSR count). The largest absolute Gasteiger partial charge is 0.493 e. The van der Waals surface area contributed by atoms with E-state index >= 15 is 0 Å². The number of carbonyl (C=O) groups excluding carboxylic acids is 2. The van der Waals surface area contributed by atoms with Crippen LogP contribution in [0.25, 0.3) is 12.2 Å². The summed E-state index contributed by atoms with van der Waals surface area (Å²) in [6, 6.07) is 107. The molecule has 12 aromatic carbocycles. The van der Waals surface area contributed by atoms with Crippen molar-refractivity contribution in [2.75, 3.05) is 26.6 Å². The summed E-state index contributed by atoms with van der Waals surface area (Å²) < 4.78 is 73.0. The van der Waals surface area contributed by atoms with Gasteiger partial charge in [-0.25, -0.2) is 21.8 Å². The maximum absolute atomic E-state index is 13.2. The van der Waals surface area contributed by atoms with Gasteiger partial charge in [0.25, 0.3) is 5.91 Å². The van der Waals surface area contributed by atoms with Gasteiger partial charge in [0.05, 0.1) is 34.4 Å². The predicted molar refractivity (Wildman–Crippen MR) is 659 cm³/mol. The SMILES string of the molecule is CC.CC.CC.CC.CC.CC.CC.CC.CC.CC.CC.CC.CC.CC.CC.CC.CC.CC.O=C1/C(=C\c2ccccc2)CC/C1=C/c1ccccc1.O=C1C=NC(c2ccccc2)C2C=CC=CC2=N1.O=S(=O)(c1ccccc1)C(c1ccccc1)S(=O)(=O)c1ccccc1.c1ccc(C2CCOCC2)cc1.c1ccc(C2CCOc3cc4c(cc32)OCO4)cc1.c1ccc(C2c3ccccc3Cc3ccccc32)cc1. The zero-order valence-corrected chi connectivity index (χ0v) is 101. The summed E-state index contributed by atoms with van der Waals surface area (Å²) in [4.78, 5) is 32.3. The first-order valence-electron chi connectivity index (χ1n) is 56.6. The second-order valence-electron chi connectivity index (χ2n) is 28.3. The van der Waals surface area contributed by atoms with Crippen molar-refractivity contribution in [2.45, 2.75) is 326 Å². The summed E-state index contributed by atoms with van der Waals surface area (Å²) in [6.07, 6.45) is 19.2. The molecule has 14 heteroatoms. The Morgan fingerprint density at radius 3 is 1.07 bits per heavy atom. The minimum atomic E-state index is -4.15. The van der Waals surface area contributed by atoms with Crippen molar-refractivity contribution in [2.24, 2.45) is 15.9 Å². The Balaban J connectivity index is -0.000000530. The van der Waals surface area contributed by atoms with Gasteiger partial charge in [-0.15, -0.1) is 0 Å². The number of nitrogens with zero attached hydrogens (tertiary/aromatic N) is 2. The van der Waals surface area contributed by atoms with Gasteiger partial charge >= 0.3 is 0 Å². The van der Waals surface area contributed by atoms with E-state index in [4.69, 9.17) is 18.9 Å². The van der Waals surface area contributed by atoms with Crippen LogP contribution in [0.5, 0.6) is 17.2 Å². The molecule has 4 aliphatic heterocycles. The van der Waals surface area contributed by atoms with Gasteiger partial charge in [0, 0.05) is 53.7 Å². The molecule has 3 unspecified atom stereocenters. The van der Waals surface area contributed by atoms with Crippen molar-refractivity contribution < 1.29 is 45.4 Å². The molecule has 0 N–H and O–H groups in total. The van der Waals surface area contributed by atoms with Crippen molar-refractivity contribution in [1.82, 2.24) is 0 Å². The van der Waals surface area contributed by atoms with Crippen LogP contribution in [-0.4, -0.2) is 67.1 Å². The highest BCUT2D eigenvalue weighted by Gasteiger charge is 2.41. The molecule has 4 heterocycles. The van der Waals surface area contributed by atoms with Crippen molar-refractivity contribution in [3.05, 3.63) is 436 Å². The highest BCUT2D eigenvalue weighted by molar-refractivity contribution is 8.08. The average molecular weight is 2080 g/mol. The first-order valence-corrected chi connectivity index (χ1v) is 59.7. The van der Waals surface area contributed by atoms with Crippen LogP contribution in [0.2, 0.25) is 0 Å². The van der Waals surface area contributed by atoms with Gasteiger partial charge in [0.1, 0.15) is 5.75 Å². The van der Waals surface area contributed by atoms with Crippen LogP contribution in [0.3, 0.4) is 0 Å². The fraction of sp³-hybridized carbons (Fsp3) is 0.382. The van der Waals surface area contributed by atoms with Crippen molar-refractivity contribution in [3.63, 3.8) is 0 Å². The summed E-state index contributed by atoms with van der Waals surface area (Å²) in [5.41, 5.74) is 17.3. The third-order valence-corrected chi connectivity index (χ3v) is 25.9. The highest BCUT2D eigenvalue weighted by Crippen LogP contribution is 2.47. The third kappa shape index (κ3) is 49.5. The monoisotopic (exact) mass is 2080 g/mol. The van der Waals surface area contributed by atoms with E-state index in [0.717, 1.165) is 102 Å². The van der Waals surface area contributed by atoms with E-state index in [0.29, 0.717) is 18.6 Å². The van der Waals surface area contributed by atoms with E-state index in [-0.39, 0.29) is 39.0 Å². The molecular weight excluding hydrogens is 1890 g/mol. The molecule has 12 aromatic rings. The Morgan fingerprint density at radius 2 is 0.667 bits per heavy atom. The smallest absolute Gasteiger partial charge is 0.287 e. The summed E-state index contributed by atoms with van der Waals surface area (Å²) in [5.74, 6) is 3.96. The molecule has 0 radical (unpaired) electrons. The standard InChI is InChI=1S/C20H16.C19H16O4S2.C19H16O.C16H14O3.C15H12N2O.C11H14O.18C2H6/c1-2-8-15(9-3-1)20-18-12-6-4-10-16(18)14-17-11-5-7-13-19(17)20;20-24(21,17-12-6-2-7-13-17)19(16-10-4-1-5-11-16)25(22,23)18-14-8-3-9-15-18;20-19-17(13-15-7-3-1-4-8-15)11-12-18(19)14-16-9-5-2-6-10-16;1-2-4-11(5-3-1)12-6-7-17-14-9-16-15(8-13(12)14)18-10-19-16;18-14-10-16-15(11-6-2-1-3-7-11)12-8-4-5-9-13(12)17-14;1-2-4-10(5-3-1)11-6-8-12-9-7-11;18*1-2/h1-13,20H,14H2;1-15,19H;1-10,13-14H,11-12H2;1-5,8-9,12H,6-7,10H2;1-10,12,15H;1-5,11H,6-9H2;18*1-2H3/b;;17-13-,18-14-;;;;;;;;;;;;;;;;;;;;;. The van der Waals surface area contributed by atoms with Gasteiger partial charge in [-0.1, -0.05) is 565 Å². The Morgan fingerprint density at radius 1 is 0.327 bits per heavy atom. The number of benzene rings is 12. The number of amides is 1. The molecule has 1 saturated heterocycles. The number of sulfone groups is 2. The zero-order chi connectivity index (χ0) is 114. The van der Waals surface area contributed by atoms with Gasteiger partial charge in [0.15, 0.2) is 41.5 Å². The number of aliphatic imine (C=N–C) groups is 2. The van der Waals surface area contributed by atoms with E-state index in [9.17, 15) is 26.4 Å². The lowest BCUT2D eigenvalue weighted by atomic mass is 9.75. The number of ether oxygens (including phenoxy) is 4. The lowest BCUT2D eigenvalue weighted by Gasteiger charge is -2.29. The predicted octanol–water partition coefficient (Wildman–Crippen LogP) is 39.8. The second-order valence-corrected chi connectivity index (χ2v) is 32.6. The molecule has 0 bridgehead atoms. The molecule has 822 valence electrons. The van der Waals surface area contributed by atoms with Gasteiger partial charge in [-0.05, 0) is 154 Å². The van der Waals surface area contributed by atoms with Crippen molar-refractivity contribution in [1.29, 1.82) is 0 Å². The maximum atomic E-state index is 13.2. The van der Waals surface area contributed by atoms with Crippen LogP contribution in [0, 0.1) is 5.92 Å². The number of fused-ring (bicyclic) bond motifs is 5. The Bertz CT molecular complexity index is 5480. The van der Waals surface area contributed by atoms with E-state index in [2.05, 4.69) is 150 Å². The second kappa shape index (κ2) is 96.1. The minimum Gasteiger partial charge on any atom is -0.493 e. The molecule has 1 saturated carbocycles. The topological polar surface area (TPSA) is 164 Å². The first-order chi connectivity index (χ1) is 73.9. The fourth-order valence-corrected chi connectivity index (χ4v) is 19.8. The number of Topliss-reactive ketones (excluding diaryl/α,β-unsaturated/α-hetero) is 1. The van der Waals surface area contributed by atoms with Crippen LogP contribution in [0.4, 0.5) is 0 Å². The van der Waals surface area contributed by atoms with Crippen LogP contribution in [-0.2, 0) is 40.4 Å². The molecule has 7 aliphatic rings. The van der Waals surface area contributed by atoms with E-state index in [1.165, 1.54) is 100.0 Å². The molecule has 1 amide bonds. The zero-order valence-electron chi connectivity index (χ0n) is 99.1. The van der Waals surface area contributed by atoms with Gasteiger partial charge in [0.2, 0.25) is 6.79 Å². The van der Waals surface area contributed by atoms with E-state index < -0.39 is 24.3 Å². The number of ketones is 1. The van der Waals surface area contributed by atoms with E-state index in [1.54, 1.807) is 54.6 Å². The summed E-state index contributed by atoms with van der Waals surface area (Å²) in [6.45, 7) is 74.9. The number of hydrogen-bond acceptors (Lipinski definition) is 11. The van der Waals surface area contributed by atoms with E-state index in [1.807, 2.05) is 389 Å². The number of rotatable bonds is 11. The van der Waals surface area contributed by atoms with Gasteiger partial charge in [-0.2, -0.15) is 0 Å². The lowest BCUT2D eigenvalue weighted by Crippen LogP contribution is -2.23. The first kappa shape index (κ1) is 146. The Kier molecular flexibility index (Phi) is 93.5. The summed E-state index contributed by atoms with van der Waals surface area (Å²) in [7, 11) is -8.30. The molecule has 3 atom stereocenters. The molecule has 3 aliphatic carbocycles. The quantitative estimate of drug-likeness (QED) is 0.114. The summed E-state index contributed by atoms with van der Waals surface area (Å²) >= 11 is 0. The van der Waals surface area contributed by atoms with Crippen LogP contribution < -0.4 is 14.2 Å². The van der Waals surface area contributed by atoms with Gasteiger partial charge < -0.3 is 18.9 Å². The van der Waals surface area contributed by atoms with Crippen LogP contribution >= 0.6 is 0 Å². The molecule has 0 aromatic heterocycles. The summed E-state index contributed by atoms with van der Waals surface area (Å²) in [5, 5.41) is 0. The molecule has 150 heavy (non-hydrogen) atoms. The minimum absolute atomic E-state index is 0.0247. The van der Waals surface area contributed by atoms with Gasteiger partial charge in [-0.3, -0.25) is 14.6 Å².